The van der Waals surface area contributed by atoms with Crippen LogP contribution in [0.5, 0.6) is 5.75 Å². The second kappa shape index (κ2) is 4.86. The molecule has 0 aromatic heterocycles. The Balaban J connectivity index is 3.26. The number of rotatable bonds is 1. The predicted octanol–water partition coefficient (Wildman–Crippen LogP) is 3.79. The minimum atomic E-state index is 0.239. The molecule has 74 valence electrons. The van der Waals surface area contributed by atoms with Crippen molar-refractivity contribution in [3.8, 4) is 17.6 Å². The molecule has 1 aromatic rings. The van der Waals surface area contributed by atoms with Gasteiger partial charge in [-0.05, 0) is 62.9 Å². The highest BCUT2D eigenvalue weighted by atomic mass is 79.9. The standard InChI is InChI=1S/C11H10Br2O/c1-3-4-5-8-7(2)6-9(12)11(14)10(8)13/h6,14H,5H2,1-2H3. The van der Waals surface area contributed by atoms with Crippen molar-refractivity contribution in [3.63, 3.8) is 0 Å². The van der Waals surface area contributed by atoms with Crippen LogP contribution in [0.25, 0.3) is 0 Å². The van der Waals surface area contributed by atoms with E-state index in [1.165, 1.54) is 0 Å². The van der Waals surface area contributed by atoms with Crippen molar-refractivity contribution in [3.05, 3.63) is 26.1 Å². The van der Waals surface area contributed by atoms with E-state index in [1.807, 2.05) is 19.9 Å². The number of hydrogen-bond donors (Lipinski definition) is 1. The highest BCUT2D eigenvalue weighted by Crippen LogP contribution is 2.37. The molecule has 1 N–H and O–H groups in total. The van der Waals surface area contributed by atoms with Crippen LogP contribution in [0.15, 0.2) is 15.0 Å². The SMILES string of the molecule is CC#CCc1c(C)cc(Br)c(O)c1Br. The first kappa shape index (κ1) is 11.6. The predicted molar refractivity (Wildman–Crippen MR) is 65.4 cm³/mol. The molecular weight excluding hydrogens is 308 g/mol. The van der Waals surface area contributed by atoms with Gasteiger partial charge < -0.3 is 5.11 Å². The maximum Gasteiger partial charge on any atom is 0.144 e. The first-order valence-electron chi connectivity index (χ1n) is 4.14. The van der Waals surface area contributed by atoms with E-state index < -0.39 is 0 Å². The number of halogens is 2. The topological polar surface area (TPSA) is 20.2 Å². The number of aromatic hydroxyl groups is 1. The van der Waals surface area contributed by atoms with Gasteiger partial charge in [0.2, 0.25) is 0 Å². The largest absolute Gasteiger partial charge is 0.506 e. The smallest absolute Gasteiger partial charge is 0.144 e. The van der Waals surface area contributed by atoms with Gasteiger partial charge >= 0.3 is 0 Å². The molecule has 1 nitrogen and oxygen atoms in total. The Hall–Kier alpha value is -0.460. The van der Waals surface area contributed by atoms with Crippen molar-refractivity contribution >= 4 is 31.9 Å². The molecule has 0 amide bonds. The average molecular weight is 318 g/mol. The third-order valence-electron chi connectivity index (χ3n) is 1.96. The Labute approximate surface area is 101 Å². The van der Waals surface area contributed by atoms with Crippen LogP contribution in [-0.4, -0.2) is 5.11 Å². The van der Waals surface area contributed by atoms with Crippen molar-refractivity contribution in [2.45, 2.75) is 20.3 Å². The third-order valence-corrected chi connectivity index (χ3v) is 3.42. The molecule has 3 heteroatoms. The van der Waals surface area contributed by atoms with Crippen LogP contribution in [0, 0.1) is 18.8 Å². The lowest BCUT2D eigenvalue weighted by Crippen LogP contribution is -1.90. The van der Waals surface area contributed by atoms with Gasteiger partial charge in [-0.2, -0.15) is 0 Å². The minimum Gasteiger partial charge on any atom is -0.506 e. The van der Waals surface area contributed by atoms with Gasteiger partial charge in [-0.25, -0.2) is 0 Å². The number of hydrogen-bond acceptors (Lipinski definition) is 1. The van der Waals surface area contributed by atoms with Gasteiger partial charge in [0.25, 0.3) is 0 Å². The molecule has 0 bridgehead atoms. The zero-order valence-electron chi connectivity index (χ0n) is 7.99. The monoisotopic (exact) mass is 316 g/mol. The number of phenolic OH excluding ortho intramolecular Hbond substituents is 1. The van der Waals surface area contributed by atoms with Gasteiger partial charge in [-0.3, -0.25) is 0 Å². The number of benzene rings is 1. The van der Waals surface area contributed by atoms with E-state index in [0.29, 0.717) is 10.9 Å². The van der Waals surface area contributed by atoms with Crippen LogP contribution in [0.1, 0.15) is 18.1 Å². The van der Waals surface area contributed by atoms with E-state index in [2.05, 4.69) is 43.7 Å². The van der Waals surface area contributed by atoms with Crippen LogP contribution in [0.3, 0.4) is 0 Å². The molecule has 0 spiro atoms. The Morgan fingerprint density at radius 2 is 2.07 bits per heavy atom. The van der Waals surface area contributed by atoms with Gasteiger partial charge in [0.1, 0.15) is 5.75 Å². The van der Waals surface area contributed by atoms with Crippen LogP contribution in [0.4, 0.5) is 0 Å². The maximum absolute atomic E-state index is 9.67. The number of phenols is 1. The van der Waals surface area contributed by atoms with Crippen molar-refractivity contribution in [1.82, 2.24) is 0 Å². The fraction of sp³-hybridized carbons (Fsp3) is 0.273. The van der Waals surface area contributed by atoms with Crippen LogP contribution < -0.4 is 0 Å². The molecule has 0 aliphatic heterocycles. The van der Waals surface area contributed by atoms with E-state index in [0.717, 1.165) is 15.6 Å². The van der Waals surface area contributed by atoms with E-state index in [4.69, 9.17) is 0 Å². The van der Waals surface area contributed by atoms with Crippen LogP contribution >= 0.6 is 31.9 Å². The summed E-state index contributed by atoms with van der Waals surface area (Å²) < 4.78 is 1.43. The van der Waals surface area contributed by atoms with Crippen molar-refractivity contribution in [1.29, 1.82) is 0 Å². The van der Waals surface area contributed by atoms with E-state index in [-0.39, 0.29) is 5.75 Å². The molecule has 0 aliphatic carbocycles. The normalized spacial score (nSPS) is 9.43. The van der Waals surface area contributed by atoms with Gasteiger partial charge in [0, 0.05) is 6.42 Å². The third kappa shape index (κ3) is 2.31. The molecule has 0 saturated heterocycles. The zero-order valence-corrected chi connectivity index (χ0v) is 11.2. The van der Waals surface area contributed by atoms with E-state index >= 15 is 0 Å². The molecule has 0 aliphatic rings. The first-order chi connectivity index (χ1) is 6.57. The van der Waals surface area contributed by atoms with Gasteiger partial charge in [-0.15, -0.1) is 5.92 Å². The minimum absolute atomic E-state index is 0.239. The number of aryl methyl sites for hydroxylation is 1. The fourth-order valence-electron chi connectivity index (χ4n) is 1.16. The molecule has 14 heavy (non-hydrogen) atoms. The van der Waals surface area contributed by atoms with Gasteiger partial charge in [0.05, 0.1) is 8.95 Å². The molecule has 0 unspecified atom stereocenters. The lowest BCUT2D eigenvalue weighted by atomic mass is 10.1. The summed E-state index contributed by atoms with van der Waals surface area (Å²) in [5.41, 5.74) is 2.16. The fourth-order valence-corrected chi connectivity index (χ4v) is 2.63. The summed E-state index contributed by atoms with van der Waals surface area (Å²) in [6.07, 6.45) is 0.657. The Bertz CT molecular complexity index is 414. The quantitative estimate of drug-likeness (QED) is 0.781. The summed E-state index contributed by atoms with van der Waals surface area (Å²) in [6, 6.07) is 1.90. The summed E-state index contributed by atoms with van der Waals surface area (Å²) in [7, 11) is 0. The Kier molecular flexibility index (Phi) is 4.03. The molecule has 0 radical (unpaired) electrons. The first-order valence-corrected chi connectivity index (χ1v) is 5.72. The summed E-state index contributed by atoms with van der Waals surface area (Å²) in [4.78, 5) is 0. The van der Waals surface area contributed by atoms with Crippen molar-refractivity contribution < 1.29 is 5.11 Å². The van der Waals surface area contributed by atoms with Gasteiger partial charge in [0.15, 0.2) is 0 Å². The maximum atomic E-state index is 9.67. The molecule has 1 aromatic carbocycles. The van der Waals surface area contributed by atoms with Crippen molar-refractivity contribution in [2.24, 2.45) is 0 Å². The van der Waals surface area contributed by atoms with E-state index in [9.17, 15) is 5.11 Å². The van der Waals surface area contributed by atoms with Crippen LogP contribution in [-0.2, 0) is 6.42 Å². The highest BCUT2D eigenvalue weighted by molar-refractivity contribution is 9.11. The average Bonchev–Trinajstić information content (AvgIpc) is 2.14. The van der Waals surface area contributed by atoms with Crippen molar-refractivity contribution in [2.75, 3.05) is 0 Å². The summed E-state index contributed by atoms with van der Waals surface area (Å²) >= 11 is 6.65. The second-order valence-electron chi connectivity index (χ2n) is 2.92. The Morgan fingerprint density at radius 3 is 2.64 bits per heavy atom. The zero-order chi connectivity index (χ0) is 10.7. The lowest BCUT2D eigenvalue weighted by molar-refractivity contribution is 0.467. The molecule has 1 rings (SSSR count). The summed E-state index contributed by atoms with van der Waals surface area (Å²) in [6.45, 7) is 3.81. The molecule has 0 fully saturated rings. The highest BCUT2D eigenvalue weighted by Gasteiger charge is 2.10. The van der Waals surface area contributed by atoms with Gasteiger partial charge in [-0.1, -0.05) is 5.92 Å². The molecule has 0 heterocycles. The summed E-state index contributed by atoms with van der Waals surface area (Å²) in [5, 5.41) is 9.67. The van der Waals surface area contributed by atoms with E-state index in [1.54, 1.807) is 0 Å². The Morgan fingerprint density at radius 1 is 1.43 bits per heavy atom. The van der Waals surface area contributed by atoms with Crippen LogP contribution in [0.2, 0.25) is 0 Å². The summed E-state index contributed by atoms with van der Waals surface area (Å²) in [5.74, 6) is 6.07. The second-order valence-corrected chi connectivity index (χ2v) is 4.57. The molecule has 0 saturated carbocycles. The molecule has 0 atom stereocenters. The molecular formula is C11H10Br2O. The lowest BCUT2D eigenvalue weighted by Gasteiger charge is -2.09.